The van der Waals surface area contributed by atoms with Gasteiger partial charge in [0.15, 0.2) is 0 Å². The Morgan fingerprint density at radius 2 is 2.08 bits per heavy atom. The Balaban J connectivity index is 1.78. The van der Waals surface area contributed by atoms with Crippen LogP contribution < -0.4 is 0 Å². The van der Waals surface area contributed by atoms with Gasteiger partial charge in [0.2, 0.25) is 0 Å². The molecule has 2 unspecified atom stereocenters. The van der Waals surface area contributed by atoms with E-state index >= 15 is 0 Å². The molecule has 0 radical (unpaired) electrons. The van der Waals surface area contributed by atoms with Crippen LogP contribution in [0.4, 0.5) is 0 Å². The van der Waals surface area contributed by atoms with Gasteiger partial charge in [0.1, 0.15) is 12.0 Å². The van der Waals surface area contributed by atoms with Gasteiger partial charge in [-0.3, -0.25) is 4.90 Å². The van der Waals surface area contributed by atoms with Crippen molar-refractivity contribution in [1.29, 1.82) is 0 Å². The van der Waals surface area contributed by atoms with E-state index in [2.05, 4.69) is 42.2 Å². The number of likely N-dealkylation sites (tertiary alicyclic amines) is 1. The van der Waals surface area contributed by atoms with Crippen LogP contribution in [0.5, 0.6) is 0 Å². The molecule has 0 bridgehead atoms. The Morgan fingerprint density at radius 1 is 1.29 bits per heavy atom. The predicted octanol–water partition coefficient (Wildman–Crippen LogP) is 4.53. The van der Waals surface area contributed by atoms with Crippen LogP contribution in [0.25, 0.3) is 0 Å². The van der Waals surface area contributed by atoms with Gasteiger partial charge in [0, 0.05) is 6.04 Å². The number of carboxylic acid groups (broad SMARTS) is 1. The van der Waals surface area contributed by atoms with E-state index in [1.165, 1.54) is 37.5 Å². The summed E-state index contributed by atoms with van der Waals surface area (Å²) in [5.74, 6) is 0.243. The lowest BCUT2D eigenvalue weighted by atomic mass is 9.89. The third-order valence-corrected chi connectivity index (χ3v) is 5.08. The normalized spacial score (nSPS) is 20.5. The van der Waals surface area contributed by atoms with Crippen LogP contribution in [-0.4, -0.2) is 28.6 Å². The van der Waals surface area contributed by atoms with Gasteiger partial charge >= 0.3 is 5.97 Å². The summed E-state index contributed by atoms with van der Waals surface area (Å²) >= 11 is 0. The number of carboxylic acids is 1. The van der Waals surface area contributed by atoms with Crippen molar-refractivity contribution >= 4 is 5.97 Å². The van der Waals surface area contributed by atoms with Crippen LogP contribution in [0.15, 0.2) is 47.1 Å². The van der Waals surface area contributed by atoms with E-state index in [1.807, 2.05) is 0 Å². The molecule has 1 aliphatic rings. The second kappa shape index (κ2) is 7.67. The van der Waals surface area contributed by atoms with Gasteiger partial charge in [-0.05, 0) is 36.9 Å². The molecule has 4 heteroatoms. The Kier molecular flexibility index (Phi) is 5.36. The van der Waals surface area contributed by atoms with Crippen molar-refractivity contribution in [2.75, 3.05) is 6.54 Å². The number of nitrogens with zero attached hydrogens (tertiary/aromatic N) is 1. The fourth-order valence-corrected chi connectivity index (χ4v) is 3.71. The van der Waals surface area contributed by atoms with Gasteiger partial charge in [-0.1, -0.05) is 50.1 Å². The highest BCUT2D eigenvalue weighted by atomic mass is 16.4. The molecule has 1 aromatic heterocycles. The zero-order chi connectivity index (χ0) is 16.9. The van der Waals surface area contributed by atoms with Gasteiger partial charge in [0.25, 0.3) is 0 Å². The minimum atomic E-state index is -0.935. The van der Waals surface area contributed by atoms with Crippen LogP contribution in [-0.2, 0) is 6.54 Å². The SMILES string of the molecule is CC(c1ccccc1)C1CCCCCN1Cc1cc(C(=O)O)co1. The van der Waals surface area contributed by atoms with E-state index < -0.39 is 5.97 Å². The molecule has 0 amide bonds. The maximum absolute atomic E-state index is 11.0. The second-order valence-corrected chi connectivity index (χ2v) is 6.69. The molecule has 2 atom stereocenters. The average Bonchev–Trinajstić information content (AvgIpc) is 2.94. The van der Waals surface area contributed by atoms with Crippen LogP contribution in [0.1, 0.15) is 60.2 Å². The summed E-state index contributed by atoms with van der Waals surface area (Å²) in [5, 5.41) is 9.06. The van der Waals surface area contributed by atoms with E-state index in [0.717, 1.165) is 12.3 Å². The lowest BCUT2D eigenvalue weighted by Crippen LogP contribution is -2.37. The Hall–Kier alpha value is -2.07. The van der Waals surface area contributed by atoms with Crippen molar-refractivity contribution in [2.45, 2.75) is 51.1 Å². The zero-order valence-electron chi connectivity index (χ0n) is 14.1. The largest absolute Gasteiger partial charge is 0.478 e. The van der Waals surface area contributed by atoms with Gasteiger partial charge in [-0.25, -0.2) is 4.79 Å². The Labute approximate surface area is 143 Å². The fourth-order valence-electron chi connectivity index (χ4n) is 3.71. The summed E-state index contributed by atoms with van der Waals surface area (Å²) in [5.41, 5.74) is 1.59. The Morgan fingerprint density at radius 3 is 2.79 bits per heavy atom. The molecule has 2 heterocycles. The molecular weight excluding hydrogens is 302 g/mol. The van der Waals surface area contributed by atoms with Crippen molar-refractivity contribution in [3.63, 3.8) is 0 Å². The highest BCUT2D eigenvalue weighted by molar-refractivity contribution is 5.87. The molecule has 3 rings (SSSR count). The standard InChI is InChI=1S/C20H25NO3/c1-15(16-8-4-2-5-9-16)19-10-6-3-7-11-21(19)13-18-12-17(14-24-18)20(22)23/h2,4-5,8-9,12,14-15,19H,3,6-7,10-11,13H2,1H3,(H,22,23). The summed E-state index contributed by atoms with van der Waals surface area (Å²) in [6.45, 7) is 4.00. The monoisotopic (exact) mass is 327 g/mol. The van der Waals surface area contributed by atoms with Crippen molar-refractivity contribution in [3.8, 4) is 0 Å². The minimum absolute atomic E-state index is 0.229. The van der Waals surface area contributed by atoms with Gasteiger partial charge < -0.3 is 9.52 Å². The minimum Gasteiger partial charge on any atom is -0.478 e. The number of hydrogen-bond donors (Lipinski definition) is 1. The molecule has 0 saturated carbocycles. The number of benzene rings is 1. The first-order chi connectivity index (χ1) is 11.6. The number of carbonyl (C=O) groups is 1. The molecule has 128 valence electrons. The lowest BCUT2D eigenvalue weighted by Gasteiger charge is -2.34. The van der Waals surface area contributed by atoms with Gasteiger partial charge in [-0.15, -0.1) is 0 Å². The molecule has 1 saturated heterocycles. The zero-order valence-corrected chi connectivity index (χ0v) is 14.1. The van der Waals surface area contributed by atoms with Crippen molar-refractivity contribution in [3.05, 3.63) is 59.5 Å². The number of hydrogen-bond acceptors (Lipinski definition) is 3. The molecule has 0 aliphatic carbocycles. The predicted molar refractivity (Wildman–Crippen MR) is 93.2 cm³/mol. The van der Waals surface area contributed by atoms with Crippen LogP contribution >= 0.6 is 0 Å². The maximum Gasteiger partial charge on any atom is 0.338 e. The summed E-state index contributed by atoms with van der Waals surface area (Å²) < 4.78 is 5.48. The first-order valence-corrected chi connectivity index (χ1v) is 8.75. The van der Waals surface area contributed by atoms with E-state index in [4.69, 9.17) is 9.52 Å². The third-order valence-electron chi connectivity index (χ3n) is 5.08. The maximum atomic E-state index is 11.0. The number of furan rings is 1. The van der Waals surface area contributed by atoms with E-state index in [-0.39, 0.29) is 5.56 Å². The van der Waals surface area contributed by atoms with E-state index in [0.29, 0.717) is 18.5 Å². The molecule has 1 aliphatic heterocycles. The quantitative estimate of drug-likeness (QED) is 0.877. The van der Waals surface area contributed by atoms with Crippen molar-refractivity contribution < 1.29 is 14.3 Å². The molecule has 2 aromatic rings. The summed E-state index contributed by atoms with van der Waals surface area (Å²) in [6.07, 6.45) is 6.20. The molecule has 1 N–H and O–H groups in total. The molecule has 24 heavy (non-hydrogen) atoms. The van der Waals surface area contributed by atoms with Crippen molar-refractivity contribution in [2.24, 2.45) is 0 Å². The average molecular weight is 327 g/mol. The lowest BCUT2D eigenvalue weighted by molar-refractivity contribution is 0.0696. The van der Waals surface area contributed by atoms with Gasteiger partial charge in [0.05, 0.1) is 12.1 Å². The van der Waals surface area contributed by atoms with E-state index in [9.17, 15) is 4.79 Å². The second-order valence-electron chi connectivity index (χ2n) is 6.69. The van der Waals surface area contributed by atoms with E-state index in [1.54, 1.807) is 6.07 Å². The molecule has 0 spiro atoms. The van der Waals surface area contributed by atoms with Crippen LogP contribution in [0.3, 0.4) is 0 Å². The van der Waals surface area contributed by atoms with Crippen LogP contribution in [0, 0.1) is 0 Å². The summed E-state index contributed by atoms with van der Waals surface area (Å²) in [7, 11) is 0. The fraction of sp³-hybridized carbons (Fsp3) is 0.450. The third kappa shape index (κ3) is 3.88. The van der Waals surface area contributed by atoms with Gasteiger partial charge in [-0.2, -0.15) is 0 Å². The summed E-state index contributed by atoms with van der Waals surface area (Å²) in [4.78, 5) is 13.5. The highest BCUT2D eigenvalue weighted by Crippen LogP contribution is 2.30. The molecule has 1 fully saturated rings. The molecule has 4 nitrogen and oxygen atoms in total. The Bertz CT molecular complexity index is 665. The molecular formula is C20H25NO3. The van der Waals surface area contributed by atoms with Crippen LogP contribution in [0.2, 0.25) is 0 Å². The smallest absolute Gasteiger partial charge is 0.338 e. The first-order valence-electron chi connectivity index (χ1n) is 8.75. The van der Waals surface area contributed by atoms with Crippen molar-refractivity contribution in [1.82, 2.24) is 4.90 Å². The first kappa shape index (κ1) is 16.8. The molecule has 1 aromatic carbocycles. The highest BCUT2D eigenvalue weighted by Gasteiger charge is 2.28. The number of rotatable bonds is 5. The topological polar surface area (TPSA) is 53.7 Å². The summed E-state index contributed by atoms with van der Waals surface area (Å²) in [6, 6.07) is 12.7. The number of aromatic carboxylic acids is 1.